The van der Waals surface area contributed by atoms with Crippen LogP contribution in [-0.2, 0) is 4.79 Å². The van der Waals surface area contributed by atoms with E-state index in [1.165, 1.54) is 19.3 Å². The van der Waals surface area contributed by atoms with E-state index in [1.807, 2.05) is 0 Å². The predicted molar refractivity (Wildman–Crippen MR) is 92.6 cm³/mol. The Morgan fingerprint density at radius 3 is 2.48 bits per heavy atom. The average Bonchev–Trinajstić information content (AvgIpc) is 2.44. The maximum absolute atomic E-state index is 11.6. The van der Waals surface area contributed by atoms with Gasteiger partial charge in [0.2, 0.25) is 5.91 Å². The molecule has 0 atom stereocenters. The number of carbonyl (C=O) groups is 1. The minimum Gasteiger partial charge on any atom is -0.506 e. The summed E-state index contributed by atoms with van der Waals surface area (Å²) in [5, 5.41) is 13.5. The number of hydrazone groups is 1. The van der Waals surface area contributed by atoms with Crippen LogP contribution < -0.4 is 5.43 Å². The second kappa shape index (κ2) is 9.95. The second-order valence-corrected chi connectivity index (χ2v) is 6.50. The topological polar surface area (TPSA) is 61.7 Å². The fraction of sp³-hybridized carbons (Fsp3) is 0.467. The molecule has 21 heavy (non-hydrogen) atoms. The molecule has 0 aliphatic carbocycles. The van der Waals surface area contributed by atoms with Gasteiger partial charge >= 0.3 is 0 Å². The van der Waals surface area contributed by atoms with E-state index in [4.69, 9.17) is 0 Å². The maximum atomic E-state index is 11.6. The lowest BCUT2D eigenvalue weighted by Crippen LogP contribution is -2.16. The van der Waals surface area contributed by atoms with E-state index in [0.717, 1.165) is 18.4 Å². The molecule has 6 heteroatoms. The van der Waals surface area contributed by atoms with Crippen molar-refractivity contribution >= 4 is 44.0 Å². The highest BCUT2D eigenvalue weighted by atomic mass is 79.9. The van der Waals surface area contributed by atoms with E-state index in [0.29, 0.717) is 15.4 Å². The summed E-state index contributed by atoms with van der Waals surface area (Å²) >= 11 is 6.49. The van der Waals surface area contributed by atoms with E-state index in [-0.39, 0.29) is 11.7 Å². The van der Waals surface area contributed by atoms with Crippen molar-refractivity contribution in [3.8, 4) is 5.75 Å². The number of aromatic hydroxyl groups is 1. The Hall–Kier alpha value is -0.880. The number of unbranched alkanes of at least 4 members (excludes halogenated alkanes) is 4. The first-order valence-electron chi connectivity index (χ1n) is 7.04. The molecule has 116 valence electrons. The number of halogens is 2. The van der Waals surface area contributed by atoms with Crippen LogP contribution in [0.4, 0.5) is 0 Å². The summed E-state index contributed by atoms with van der Waals surface area (Å²) in [5.41, 5.74) is 3.29. The summed E-state index contributed by atoms with van der Waals surface area (Å²) in [6.45, 7) is 2.17. The van der Waals surface area contributed by atoms with Crippen molar-refractivity contribution < 1.29 is 9.90 Å². The van der Waals surface area contributed by atoms with Crippen molar-refractivity contribution in [3.63, 3.8) is 0 Å². The van der Waals surface area contributed by atoms with E-state index in [2.05, 4.69) is 49.3 Å². The van der Waals surface area contributed by atoms with Gasteiger partial charge in [0.1, 0.15) is 5.75 Å². The highest BCUT2D eigenvalue weighted by molar-refractivity contribution is 9.11. The van der Waals surface area contributed by atoms with Gasteiger partial charge in [-0.1, -0.05) is 32.6 Å². The van der Waals surface area contributed by atoms with Crippen LogP contribution >= 0.6 is 31.9 Å². The summed E-state index contributed by atoms with van der Waals surface area (Å²) in [4.78, 5) is 11.6. The number of nitrogens with zero attached hydrogens (tertiary/aromatic N) is 1. The van der Waals surface area contributed by atoms with Crippen LogP contribution in [-0.4, -0.2) is 17.2 Å². The molecule has 2 N–H and O–H groups in total. The van der Waals surface area contributed by atoms with Crippen LogP contribution in [0.2, 0.25) is 0 Å². The fourth-order valence-corrected chi connectivity index (χ4v) is 3.01. The minimum absolute atomic E-state index is 0.0698. The highest BCUT2D eigenvalue weighted by Gasteiger charge is 2.04. The van der Waals surface area contributed by atoms with Crippen LogP contribution in [0, 0.1) is 0 Å². The summed E-state index contributed by atoms with van der Waals surface area (Å²) < 4.78 is 1.14. The lowest BCUT2D eigenvalue weighted by atomic mass is 10.1. The van der Waals surface area contributed by atoms with Crippen molar-refractivity contribution in [2.24, 2.45) is 5.10 Å². The number of hydrogen-bond acceptors (Lipinski definition) is 3. The Labute approximate surface area is 142 Å². The highest BCUT2D eigenvalue weighted by Crippen LogP contribution is 2.32. The fourth-order valence-electron chi connectivity index (χ4n) is 1.78. The first-order valence-corrected chi connectivity index (χ1v) is 8.63. The van der Waals surface area contributed by atoms with Crippen molar-refractivity contribution in [3.05, 3.63) is 26.6 Å². The largest absolute Gasteiger partial charge is 0.506 e. The lowest BCUT2D eigenvalue weighted by Gasteiger charge is -2.02. The molecular weight excluding hydrogens is 400 g/mol. The van der Waals surface area contributed by atoms with E-state index in [9.17, 15) is 9.90 Å². The van der Waals surface area contributed by atoms with E-state index >= 15 is 0 Å². The maximum Gasteiger partial charge on any atom is 0.240 e. The molecule has 0 unspecified atom stereocenters. The van der Waals surface area contributed by atoms with Crippen molar-refractivity contribution in [2.75, 3.05) is 0 Å². The van der Waals surface area contributed by atoms with Crippen LogP contribution in [0.15, 0.2) is 26.2 Å². The molecule has 0 radical (unpaired) electrons. The summed E-state index contributed by atoms with van der Waals surface area (Å²) in [6.07, 6.45) is 7.65. The second-order valence-electron chi connectivity index (χ2n) is 4.79. The molecular formula is C15H20Br2N2O2. The molecule has 1 aromatic carbocycles. The molecule has 4 nitrogen and oxygen atoms in total. The molecule has 0 aromatic heterocycles. The number of benzene rings is 1. The number of phenols is 1. The van der Waals surface area contributed by atoms with Gasteiger partial charge in [-0.25, -0.2) is 5.43 Å². The Morgan fingerprint density at radius 1 is 1.24 bits per heavy atom. The number of rotatable bonds is 8. The number of phenolic OH excluding ortho intramolecular Hbond substituents is 1. The van der Waals surface area contributed by atoms with Gasteiger partial charge < -0.3 is 5.11 Å². The van der Waals surface area contributed by atoms with Gasteiger partial charge in [-0.2, -0.15) is 5.10 Å². The average molecular weight is 420 g/mol. The van der Waals surface area contributed by atoms with Crippen LogP contribution in [0.5, 0.6) is 5.75 Å². The Bertz CT molecular complexity index is 481. The first-order chi connectivity index (χ1) is 10.0. The zero-order valence-electron chi connectivity index (χ0n) is 12.0. The predicted octanol–water partition coefficient (Wildman–Crippen LogP) is 4.73. The lowest BCUT2D eigenvalue weighted by molar-refractivity contribution is -0.121. The SMILES string of the molecule is CCCCCCCC(=O)N/N=C/c1cc(Br)c(O)c(Br)c1. The Morgan fingerprint density at radius 2 is 1.86 bits per heavy atom. The van der Waals surface area contributed by atoms with Gasteiger partial charge in [-0.3, -0.25) is 4.79 Å². The molecule has 0 aliphatic heterocycles. The third-order valence-corrected chi connectivity index (χ3v) is 4.16. The summed E-state index contributed by atoms with van der Waals surface area (Å²) in [5.74, 6) is 0.0722. The van der Waals surface area contributed by atoms with Gasteiger partial charge in [0.05, 0.1) is 15.2 Å². The molecule has 0 saturated heterocycles. The zero-order chi connectivity index (χ0) is 15.7. The number of carbonyl (C=O) groups excluding carboxylic acids is 1. The monoisotopic (exact) mass is 418 g/mol. The van der Waals surface area contributed by atoms with Crippen LogP contribution in [0.25, 0.3) is 0 Å². The van der Waals surface area contributed by atoms with Gasteiger partial charge in [0.15, 0.2) is 0 Å². The van der Waals surface area contributed by atoms with Crippen molar-refractivity contribution in [1.29, 1.82) is 0 Å². The first kappa shape index (κ1) is 18.2. The van der Waals surface area contributed by atoms with E-state index < -0.39 is 0 Å². The molecule has 0 saturated carbocycles. The third kappa shape index (κ3) is 7.09. The van der Waals surface area contributed by atoms with Gasteiger partial charge in [-0.15, -0.1) is 0 Å². The summed E-state index contributed by atoms with van der Waals surface area (Å²) in [7, 11) is 0. The molecule has 0 spiro atoms. The van der Waals surface area contributed by atoms with E-state index in [1.54, 1.807) is 18.3 Å². The molecule has 0 heterocycles. The summed E-state index contributed by atoms with van der Waals surface area (Å²) in [6, 6.07) is 3.45. The molecule has 1 aromatic rings. The number of amides is 1. The van der Waals surface area contributed by atoms with Crippen molar-refractivity contribution in [1.82, 2.24) is 5.43 Å². The molecule has 0 fully saturated rings. The minimum atomic E-state index is -0.0698. The molecule has 0 bridgehead atoms. The standard InChI is InChI=1S/C15H20Br2N2O2/c1-2-3-4-5-6-7-14(20)19-18-10-11-8-12(16)15(21)13(17)9-11/h8-10,21H,2-7H2,1H3,(H,19,20)/b18-10+. The Kier molecular flexibility index (Phi) is 8.61. The number of hydrogen-bond donors (Lipinski definition) is 2. The molecule has 0 aliphatic rings. The van der Waals surface area contributed by atoms with Crippen LogP contribution in [0.3, 0.4) is 0 Å². The smallest absolute Gasteiger partial charge is 0.240 e. The number of nitrogens with one attached hydrogen (secondary N) is 1. The van der Waals surface area contributed by atoms with Crippen molar-refractivity contribution in [2.45, 2.75) is 45.4 Å². The van der Waals surface area contributed by atoms with Gasteiger partial charge in [0.25, 0.3) is 0 Å². The van der Waals surface area contributed by atoms with Gasteiger partial charge in [-0.05, 0) is 56.0 Å². The quantitative estimate of drug-likeness (QED) is 0.363. The molecule has 1 amide bonds. The normalized spacial score (nSPS) is 11.0. The van der Waals surface area contributed by atoms with Gasteiger partial charge in [0, 0.05) is 6.42 Å². The zero-order valence-corrected chi connectivity index (χ0v) is 15.2. The van der Waals surface area contributed by atoms with Crippen LogP contribution in [0.1, 0.15) is 51.0 Å². The molecule has 1 rings (SSSR count). The third-order valence-electron chi connectivity index (χ3n) is 2.95. The Balaban J connectivity index is 2.35.